The van der Waals surface area contributed by atoms with Crippen LogP contribution in [-0.4, -0.2) is 23.6 Å². The van der Waals surface area contributed by atoms with Gasteiger partial charge in [0.15, 0.2) is 5.78 Å². The van der Waals surface area contributed by atoms with Gasteiger partial charge in [-0.05, 0) is 25.8 Å². The third-order valence-corrected chi connectivity index (χ3v) is 3.83. The van der Waals surface area contributed by atoms with Gasteiger partial charge in [0, 0.05) is 17.7 Å². The number of carbonyl (C=O) groups is 1. The van der Waals surface area contributed by atoms with Crippen LogP contribution < -0.4 is 4.74 Å². The van der Waals surface area contributed by atoms with Gasteiger partial charge in [-0.1, -0.05) is 12.8 Å². The van der Waals surface area contributed by atoms with Crippen LogP contribution in [0.15, 0.2) is 18.5 Å². The summed E-state index contributed by atoms with van der Waals surface area (Å²) in [6.07, 6.45) is -0.0892. The molecule has 2 atom stereocenters. The number of halogens is 3. The number of aromatic nitrogens is 1. The van der Waals surface area contributed by atoms with E-state index in [1.165, 1.54) is 18.5 Å². The summed E-state index contributed by atoms with van der Waals surface area (Å²) >= 11 is 0. The molecule has 0 bridgehead atoms. The van der Waals surface area contributed by atoms with Crippen LogP contribution in [0.1, 0.15) is 43.0 Å². The molecule has 116 valence electrons. The zero-order valence-electron chi connectivity index (χ0n) is 11.8. The topological polar surface area (TPSA) is 39.2 Å². The number of hydrogen-bond donors (Lipinski definition) is 0. The maximum Gasteiger partial charge on any atom is 0.392 e. The Morgan fingerprint density at radius 3 is 2.71 bits per heavy atom. The van der Waals surface area contributed by atoms with Crippen LogP contribution >= 0.6 is 0 Å². The van der Waals surface area contributed by atoms with E-state index in [4.69, 9.17) is 4.74 Å². The predicted molar refractivity (Wildman–Crippen MR) is 71.2 cm³/mol. The number of hydrogen-bond acceptors (Lipinski definition) is 3. The fourth-order valence-corrected chi connectivity index (χ4v) is 2.85. The number of Topliss-reactive ketones (excluding diaryl/α,β-unsaturated/α-hetero) is 1. The van der Waals surface area contributed by atoms with E-state index < -0.39 is 23.8 Å². The van der Waals surface area contributed by atoms with Crippen LogP contribution in [0.2, 0.25) is 0 Å². The van der Waals surface area contributed by atoms with Gasteiger partial charge in [-0.25, -0.2) is 0 Å². The van der Waals surface area contributed by atoms with Gasteiger partial charge in [0.25, 0.3) is 0 Å². The molecule has 2 unspecified atom stereocenters. The van der Waals surface area contributed by atoms with Gasteiger partial charge in [0.05, 0.1) is 18.7 Å². The molecule has 1 fully saturated rings. The Balaban J connectivity index is 2.22. The van der Waals surface area contributed by atoms with Gasteiger partial charge >= 0.3 is 6.18 Å². The van der Waals surface area contributed by atoms with Crippen molar-refractivity contribution in [3.8, 4) is 5.75 Å². The second kappa shape index (κ2) is 6.45. The van der Waals surface area contributed by atoms with E-state index in [1.807, 2.05) is 0 Å². The Hall–Kier alpha value is -1.59. The first kappa shape index (κ1) is 15.8. The molecular weight excluding hydrogens is 283 g/mol. The molecule has 1 aromatic rings. The highest BCUT2D eigenvalue weighted by molar-refractivity contribution is 5.98. The molecule has 0 aromatic carbocycles. The van der Waals surface area contributed by atoms with Gasteiger partial charge in [0.2, 0.25) is 0 Å². The van der Waals surface area contributed by atoms with Gasteiger partial charge in [-0.2, -0.15) is 13.2 Å². The summed E-state index contributed by atoms with van der Waals surface area (Å²) in [4.78, 5) is 16.3. The molecule has 3 nitrogen and oxygen atoms in total. The molecule has 0 N–H and O–H groups in total. The van der Waals surface area contributed by atoms with Crippen molar-refractivity contribution in [2.75, 3.05) is 6.61 Å². The maximum absolute atomic E-state index is 13.1. The lowest BCUT2D eigenvalue weighted by Crippen LogP contribution is -2.37. The largest absolute Gasteiger partial charge is 0.492 e. The van der Waals surface area contributed by atoms with Crippen molar-refractivity contribution in [1.29, 1.82) is 0 Å². The summed E-state index contributed by atoms with van der Waals surface area (Å²) < 4.78 is 44.5. The lowest BCUT2D eigenvalue weighted by Gasteiger charge is -2.31. The minimum atomic E-state index is -4.33. The van der Waals surface area contributed by atoms with E-state index in [-0.39, 0.29) is 18.4 Å². The Bertz CT molecular complexity index is 502. The molecule has 0 saturated heterocycles. The Kier molecular flexibility index (Phi) is 4.85. The average molecular weight is 301 g/mol. The number of ether oxygens (including phenoxy) is 1. The zero-order chi connectivity index (χ0) is 15.5. The van der Waals surface area contributed by atoms with Gasteiger partial charge in [-0.15, -0.1) is 0 Å². The third kappa shape index (κ3) is 3.74. The molecular formula is C15H18F3NO2. The minimum absolute atomic E-state index is 0.0263. The SMILES string of the molecule is CCOc1cncc(C(=O)C2CCCCC2C(F)(F)F)c1. The van der Waals surface area contributed by atoms with E-state index in [1.54, 1.807) is 6.92 Å². The summed E-state index contributed by atoms with van der Waals surface area (Å²) in [7, 11) is 0. The Morgan fingerprint density at radius 1 is 1.33 bits per heavy atom. The van der Waals surface area contributed by atoms with E-state index in [0.29, 0.717) is 25.2 Å². The van der Waals surface area contributed by atoms with Crippen molar-refractivity contribution in [2.24, 2.45) is 11.8 Å². The number of carbonyl (C=O) groups excluding carboxylic acids is 1. The summed E-state index contributed by atoms with van der Waals surface area (Å²) in [6, 6.07) is 1.47. The second-order valence-corrected chi connectivity index (χ2v) is 5.25. The summed E-state index contributed by atoms with van der Waals surface area (Å²) in [5.74, 6) is -2.62. The molecule has 6 heteroatoms. The van der Waals surface area contributed by atoms with E-state index in [2.05, 4.69) is 4.98 Å². The molecule has 2 rings (SSSR count). The van der Waals surface area contributed by atoms with Crippen LogP contribution in [0, 0.1) is 11.8 Å². The van der Waals surface area contributed by atoms with E-state index in [9.17, 15) is 18.0 Å². The van der Waals surface area contributed by atoms with Crippen molar-refractivity contribution < 1.29 is 22.7 Å². The number of nitrogens with zero attached hydrogens (tertiary/aromatic N) is 1. The quantitative estimate of drug-likeness (QED) is 0.788. The second-order valence-electron chi connectivity index (χ2n) is 5.25. The highest BCUT2D eigenvalue weighted by Gasteiger charge is 2.48. The Morgan fingerprint density at radius 2 is 2.05 bits per heavy atom. The first-order valence-corrected chi connectivity index (χ1v) is 7.12. The van der Waals surface area contributed by atoms with E-state index >= 15 is 0 Å². The first-order valence-electron chi connectivity index (χ1n) is 7.12. The fourth-order valence-electron chi connectivity index (χ4n) is 2.85. The van der Waals surface area contributed by atoms with Gasteiger partial charge in [0.1, 0.15) is 5.75 Å². The number of pyridine rings is 1. The Labute approximate surface area is 121 Å². The van der Waals surface area contributed by atoms with Crippen LogP contribution in [0.4, 0.5) is 13.2 Å². The molecule has 0 aliphatic heterocycles. The predicted octanol–water partition coefficient (Wildman–Crippen LogP) is 4.03. The number of ketones is 1. The smallest absolute Gasteiger partial charge is 0.392 e. The van der Waals surface area contributed by atoms with Crippen LogP contribution in [0.3, 0.4) is 0 Å². The maximum atomic E-state index is 13.1. The fraction of sp³-hybridized carbons (Fsp3) is 0.600. The van der Waals surface area contributed by atoms with Crippen LogP contribution in [0.25, 0.3) is 0 Å². The van der Waals surface area contributed by atoms with Gasteiger partial charge < -0.3 is 4.74 Å². The van der Waals surface area contributed by atoms with Crippen LogP contribution in [-0.2, 0) is 0 Å². The zero-order valence-corrected chi connectivity index (χ0v) is 11.8. The molecule has 21 heavy (non-hydrogen) atoms. The standard InChI is InChI=1S/C15H18F3NO2/c1-2-21-11-7-10(8-19-9-11)14(20)12-5-3-4-6-13(12)15(16,17)18/h7-9,12-13H,2-6H2,1H3. The normalized spacial score (nSPS) is 22.9. The molecule has 0 radical (unpaired) electrons. The average Bonchev–Trinajstić information content (AvgIpc) is 2.46. The lowest BCUT2D eigenvalue weighted by molar-refractivity contribution is -0.190. The first-order chi connectivity index (χ1) is 9.93. The van der Waals surface area contributed by atoms with Crippen molar-refractivity contribution in [3.05, 3.63) is 24.0 Å². The minimum Gasteiger partial charge on any atom is -0.492 e. The molecule has 1 heterocycles. The van der Waals surface area contributed by atoms with Crippen molar-refractivity contribution in [1.82, 2.24) is 4.98 Å². The lowest BCUT2D eigenvalue weighted by atomic mass is 9.75. The molecule has 1 aromatic heterocycles. The summed E-state index contributed by atoms with van der Waals surface area (Å²) in [6.45, 7) is 2.20. The van der Waals surface area contributed by atoms with Crippen molar-refractivity contribution in [2.45, 2.75) is 38.8 Å². The summed E-state index contributed by atoms with van der Waals surface area (Å²) in [5, 5.41) is 0. The number of rotatable bonds is 4. The highest BCUT2D eigenvalue weighted by Crippen LogP contribution is 2.42. The van der Waals surface area contributed by atoms with Gasteiger partial charge in [-0.3, -0.25) is 9.78 Å². The molecule has 1 aliphatic carbocycles. The molecule has 0 amide bonds. The van der Waals surface area contributed by atoms with Crippen molar-refractivity contribution >= 4 is 5.78 Å². The molecule has 1 aliphatic rings. The van der Waals surface area contributed by atoms with E-state index in [0.717, 1.165) is 0 Å². The number of alkyl halides is 3. The molecule has 1 saturated carbocycles. The highest BCUT2D eigenvalue weighted by atomic mass is 19.4. The molecule has 0 spiro atoms. The van der Waals surface area contributed by atoms with Crippen LogP contribution in [0.5, 0.6) is 5.75 Å². The summed E-state index contributed by atoms with van der Waals surface area (Å²) in [5.41, 5.74) is 0.196. The van der Waals surface area contributed by atoms with Crippen molar-refractivity contribution in [3.63, 3.8) is 0 Å². The monoisotopic (exact) mass is 301 g/mol. The third-order valence-electron chi connectivity index (χ3n) is 3.83.